The van der Waals surface area contributed by atoms with Crippen LogP contribution in [0.3, 0.4) is 0 Å². The topological polar surface area (TPSA) is 39.2 Å². The number of allylic oxidation sites excluding steroid dienone is 2. The second kappa shape index (κ2) is 7.91. The Hall–Kier alpha value is -2.42. The van der Waals surface area contributed by atoms with Gasteiger partial charge in [0.05, 0.1) is 5.92 Å². The van der Waals surface area contributed by atoms with Gasteiger partial charge in [-0.15, -0.1) is 0 Å². The van der Waals surface area contributed by atoms with Crippen LogP contribution in [0, 0.1) is 0 Å². The molecule has 0 bridgehead atoms. The summed E-state index contributed by atoms with van der Waals surface area (Å²) in [5.74, 6) is -0.460. The molecule has 1 unspecified atom stereocenters. The van der Waals surface area contributed by atoms with E-state index >= 15 is 0 Å². The van der Waals surface area contributed by atoms with Gasteiger partial charge < -0.3 is 4.74 Å². The van der Waals surface area contributed by atoms with Crippen molar-refractivity contribution in [2.24, 2.45) is 0 Å². The molecule has 0 N–H and O–H groups in total. The lowest BCUT2D eigenvalue weighted by Gasteiger charge is -2.15. The Morgan fingerprint density at radius 3 is 2.54 bits per heavy atom. The summed E-state index contributed by atoms with van der Waals surface area (Å²) in [4.78, 5) is 16.2. The fraction of sp³-hybridized carbons (Fsp3) is 0.333. The van der Waals surface area contributed by atoms with Crippen molar-refractivity contribution in [1.29, 1.82) is 0 Å². The van der Waals surface area contributed by atoms with Crippen LogP contribution in [0.5, 0.6) is 0 Å². The summed E-state index contributed by atoms with van der Waals surface area (Å²) < 4.78 is 5.41. The second-order valence-corrected chi connectivity index (χ2v) is 6.28. The molecule has 1 aromatic heterocycles. The summed E-state index contributed by atoms with van der Waals surface area (Å²) in [6, 6.07) is 12.0. The third kappa shape index (κ3) is 4.10. The Labute approximate surface area is 143 Å². The van der Waals surface area contributed by atoms with Gasteiger partial charge in [0.25, 0.3) is 0 Å². The van der Waals surface area contributed by atoms with Crippen LogP contribution in [-0.2, 0) is 16.1 Å². The predicted octanol–water partition coefficient (Wildman–Crippen LogP) is 4.89. The Kier molecular flexibility index (Phi) is 5.42. The summed E-state index contributed by atoms with van der Waals surface area (Å²) in [7, 11) is 0. The van der Waals surface area contributed by atoms with Gasteiger partial charge in [0.2, 0.25) is 0 Å². The van der Waals surface area contributed by atoms with Crippen molar-refractivity contribution in [2.75, 3.05) is 0 Å². The van der Waals surface area contributed by atoms with Crippen LogP contribution < -0.4 is 0 Å². The largest absolute Gasteiger partial charge is 0.460 e. The lowest BCUT2D eigenvalue weighted by Crippen LogP contribution is -2.13. The highest BCUT2D eigenvalue weighted by Crippen LogP contribution is 2.28. The molecule has 0 saturated heterocycles. The van der Waals surface area contributed by atoms with Crippen molar-refractivity contribution in [2.45, 2.75) is 45.1 Å². The maximum atomic E-state index is 12.3. The van der Waals surface area contributed by atoms with Crippen molar-refractivity contribution in [3.05, 3.63) is 71.6 Å². The van der Waals surface area contributed by atoms with Gasteiger partial charge in [-0.05, 0) is 67.0 Å². The first-order valence-electron chi connectivity index (χ1n) is 8.59. The number of aromatic nitrogens is 1. The Morgan fingerprint density at radius 1 is 1.12 bits per heavy atom. The standard InChI is InChI=1S/C21H23NO2/c1-16(21(23)24-15-17-11-13-22-14-12-17)18-7-9-20(10-8-18)19-5-3-2-4-6-19/h5,7-14,16H,2-4,6,15H2,1H3. The maximum absolute atomic E-state index is 12.3. The monoisotopic (exact) mass is 321 g/mol. The molecule has 0 aliphatic heterocycles. The van der Waals surface area contributed by atoms with E-state index in [9.17, 15) is 4.79 Å². The molecular formula is C21H23NO2. The van der Waals surface area contributed by atoms with Gasteiger partial charge in [0, 0.05) is 12.4 Å². The van der Waals surface area contributed by atoms with Gasteiger partial charge in [-0.2, -0.15) is 0 Å². The normalized spacial score (nSPS) is 15.5. The van der Waals surface area contributed by atoms with Gasteiger partial charge in [-0.25, -0.2) is 0 Å². The van der Waals surface area contributed by atoms with Crippen molar-refractivity contribution >= 4 is 11.5 Å². The molecule has 1 aliphatic carbocycles. The molecule has 1 aromatic carbocycles. The third-order valence-electron chi connectivity index (χ3n) is 4.56. The highest BCUT2D eigenvalue weighted by Gasteiger charge is 2.17. The molecule has 3 rings (SSSR count). The number of nitrogens with zero attached hydrogens (tertiary/aromatic N) is 1. The Morgan fingerprint density at radius 2 is 1.88 bits per heavy atom. The molecular weight excluding hydrogens is 298 g/mol. The van der Waals surface area contributed by atoms with E-state index in [0.717, 1.165) is 17.5 Å². The maximum Gasteiger partial charge on any atom is 0.313 e. The van der Waals surface area contributed by atoms with Crippen LogP contribution in [0.15, 0.2) is 54.9 Å². The number of benzene rings is 1. The van der Waals surface area contributed by atoms with Crippen LogP contribution in [0.25, 0.3) is 5.57 Å². The van der Waals surface area contributed by atoms with Gasteiger partial charge in [0.1, 0.15) is 6.61 Å². The van der Waals surface area contributed by atoms with Gasteiger partial charge >= 0.3 is 5.97 Å². The first-order valence-corrected chi connectivity index (χ1v) is 8.59. The van der Waals surface area contributed by atoms with E-state index in [1.165, 1.54) is 30.4 Å². The third-order valence-corrected chi connectivity index (χ3v) is 4.56. The van der Waals surface area contributed by atoms with E-state index in [-0.39, 0.29) is 18.5 Å². The number of esters is 1. The number of hydrogen-bond donors (Lipinski definition) is 0. The molecule has 0 amide bonds. The molecule has 0 radical (unpaired) electrons. The molecule has 0 fully saturated rings. The zero-order valence-electron chi connectivity index (χ0n) is 14.1. The molecule has 1 atom stereocenters. The van der Waals surface area contributed by atoms with E-state index < -0.39 is 0 Å². The van der Waals surface area contributed by atoms with Crippen molar-refractivity contribution in [3.63, 3.8) is 0 Å². The molecule has 0 spiro atoms. The zero-order chi connectivity index (χ0) is 16.8. The molecule has 2 aromatic rings. The Balaban J connectivity index is 1.60. The number of hydrogen-bond acceptors (Lipinski definition) is 3. The summed E-state index contributed by atoms with van der Waals surface area (Å²) in [6.45, 7) is 2.18. The first-order chi connectivity index (χ1) is 11.7. The van der Waals surface area contributed by atoms with Gasteiger partial charge in [-0.3, -0.25) is 9.78 Å². The second-order valence-electron chi connectivity index (χ2n) is 6.28. The van der Waals surface area contributed by atoms with E-state index in [1.54, 1.807) is 12.4 Å². The number of rotatable bonds is 5. The first kappa shape index (κ1) is 16.4. The lowest BCUT2D eigenvalue weighted by molar-refractivity contribution is -0.146. The van der Waals surface area contributed by atoms with Crippen LogP contribution in [-0.4, -0.2) is 11.0 Å². The minimum atomic E-state index is -0.263. The van der Waals surface area contributed by atoms with E-state index in [0.29, 0.717) is 0 Å². The molecule has 124 valence electrons. The van der Waals surface area contributed by atoms with Crippen molar-refractivity contribution in [1.82, 2.24) is 4.98 Å². The molecule has 1 heterocycles. The highest BCUT2D eigenvalue weighted by atomic mass is 16.5. The summed E-state index contributed by atoms with van der Waals surface area (Å²) >= 11 is 0. The number of carbonyl (C=O) groups excluding carboxylic acids is 1. The van der Waals surface area contributed by atoms with E-state index in [2.05, 4.69) is 23.2 Å². The smallest absolute Gasteiger partial charge is 0.313 e. The fourth-order valence-electron chi connectivity index (χ4n) is 2.98. The van der Waals surface area contributed by atoms with Crippen LogP contribution in [0.2, 0.25) is 0 Å². The minimum Gasteiger partial charge on any atom is -0.460 e. The number of ether oxygens (including phenoxy) is 1. The SMILES string of the molecule is CC(C(=O)OCc1ccncc1)c1ccc(C2=CCCCC2)cc1. The summed E-state index contributed by atoms with van der Waals surface area (Å²) in [5.41, 5.74) is 4.65. The molecule has 3 heteroatoms. The highest BCUT2D eigenvalue weighted by molar-refractivity contribution is 5.78. The van der Waals surface area contributed by atoms with Gasteiger partial charge in [-0.1, -0.05) is 30.3 Å². The summed E-state index contributed by atoms with van der Waals surface area (Å²) in [6.07, 6.45) is 10.6. The quantitative estimate of drug-likeness (QED) is 0.736. The van der Waals surface area contributed by atoms with Crippen molar-refractivity contribution in [3.8, 4) is 0 Å². The minimum absolute atomic E-state index is 0.198. The lowest BCUT2D eigenvalue weighted by atomic mass is 9.92. The Bertz CT molecular complexity index is 704. The predicted molar refractivity (Wildman–Crippen MR) is 95.3 cm³/mol. The van der Waals surface area contributed by atoms with Crippen LogP contribution >= 0.6 is 0 Å². The number of pyridine rings is 1. The number of carbonyl (C=O) groups is 1. The average molecular weight is 321 g/mol. The molecule has 1 aliphatic rings. The average Bonchev–Trinajstić information content (AvgIpc) is 2.67. The summed E-state index contributed by atoms with van der Waals surface area (Å²) in [5, 5.41) is 0. The molecule has 3 nitrogen and oxygen atoms in total. The van der Waals surface area contributed by atoms with Crippen LogP contribution in [0.1, 0.15) is 55.2 Å². The molecule has 0 saturated carbocycles. The van der Waals surface area contributed by atoms with Gasteiger partial charge in [0.15, 0.2) is 0 Å². The van der Waals surface area contributed by atoms with E-state index in [4.69, 9.17) is 4.74 Å². The fourth-order valence-corrected chi connectivity index (χ4v) is 2.98. The zero-order valence-corrected chi connectivity index (χ0v) is 14.1. The van der Waals surface area contributed by atoms with Crippen LogP contribution in [0.4, 0.5) is 0 Å². The van der Waals surface area contributed by atoms with Crippen molar-refractivity contribution < 1.29 is 9.53 Å². The molecule has 24 heavy (non-hydrogen) atoms. The van der Waals surface area contributed by atoms with E-state index in [1.807, 2.05) is 31.2 Å².